The topological polar surface area (TPSA) is 53.2 Å². The Hall–Kier alpha value is -1.55. The SMILES string of the molecule is Cc1ccc(NC(=O)NCC2CCC(C)NC2)cc1. The van der Waals surface area contributed by atoms with Gasteiger partial charge in [-0.3, -0.25) is 0 Å². The number of piperidine rings is 1. The maximum absolute atomic E-state index is 11.8. The molecule has 0 saturated carbocycles. The molecule has 1 saturated heterocycles. The molecule has 3 N–H and O–H groups in total. The molecule has 0 bridgehead atoms. The molecule has 1 aromatic rings. The van der Waals surface area contributed by atoms with Crippen molar-refractivity contribution in [2.45, 2.75) is 32.7 Å². The number of hydrogen-bond donors (Lipinski definition) is 3. The lowest BCUT2D eigenvalue weighted by Gasteiger charge is -2.27. The standard InChI is InChI=1S/C15H23N3O/c1-11-3-7-14(8-4-11)18-15(19)17-10-13-6-5-12(2)16-9-13/h3-4,7-8,12-13,16H,5-6,9-10H2,1-2H3,(H2,17,18,19). The van der Waals surface area contributed by atoms with Crippen molar-refractivity contribution in [2.24, 2.45) is 5.92 Å². The van der Waals surface area contributed by atoms with E-state index in [2.05, 4.69) is 22.9 Å². The van der Waals surface area contributed by atoms with E-state index in [4.69, 9.17) is 0 Å². The van der Waals surface area contributed by atoms with E-state index in [1.807, 2.05) is 31.2 Å². The predicted octanol–water partition coefficient (Wildman–Crippen LogP) is 2.50. The van der Waals surface area contributed by atoms with E-state index >= 15 is 0 Å². The molecule has 19 heavy (non-hydrogen) atoms. The number of carbonyl (C=O) groups is 1. The first kappa shape index (κ1) is 13.9. The van der Waals surface area contributed by atoms with Gasteiger partial charge in [0.2, 0.25) is 0 Å². The molecule has 0 radical (unpaired) electrons. The third-order valence-electron chi connectivity index (χ3n) is 3.62. The predicted molar refractivity (Wildman–Crippen MR) is 78.4 cm³/mol. The van der Waals surface area contributed by atoms with Gasteiger partial charge < -0.3 is 16.0 Å². The van der Waals surface area contributed by atoms with Crippen molar-refractivity contribution in [3.63, 3.8) is 0 Å². The van der Waals surface area contributed by atoms with Gasteiger partial charge in [0.1, 0.15) is 0 Å². The Balaban J connectivity index is 1.71. The molecule has 2 unspecified atom stereocenters. The van der Waals surface area contributed by atoms with Crippen LogP contribution in [0.25, 0.3) is 0 Å². The Morgan fingerprint density at radius 1 is 1.32 bits per heavy atom. The molecule has 104 valence electrons. The highest BCUT2D eigenvalue weighted by atomic mass is 16.2. The molecule has 1 aliphatic rings. The summed E-state index contributed by atoms with van der Waals surface area (Å²) in [6, 6.07) is 8.29. The fraction of sp³-hybridized carbons (Fsp3) is 0.533. The van der Waals surface area contributed by atoms with Crippen LogP contribution in [0.1, 0.15) is 25.3 Å². The minimum absolute atomic E-state index is 0.123. The maximum atomic E-state index is 11.8. The molecule has 1 fully saturated rings. The molecule has 4 nitrogen and oxygen atoms in total. The second kappa shape index (κ2) is 6.57. The van der Waals surface area contributed by atoms with Gasteiger partial charge in [-0.15, -0.1) is 0 Å². The van der Waals surface area contributed by atoms with Crippen molar-refractivity contribution >= 4 is 11.7 Å². The number of aryl methyl sites for hydroxylation is 1. The molecule has 0 aromatic heterocycles. The van der Waals surface area contributed by atoms with Crippen LogP contribution in [-0.4, -0.2) is 25.2 Å². The normalized spacial score (nSPS) is 22.8. The first-order chi connectivity index (χ1) is 9.13. The lowest BCUT2D eigenvalue weighted by atomic mass is 9.95. The molecule has 0 spiro atoms. The van der Waals surface area contributed by atoms with E-state index in [-0.39, 0.29) is 6.03 Å². The maximum Gasteiger partial charge on any atom is 0.319 e. The number of benzene rings is 1. The first-order valence-electron chi connectivity index (χ1n) is 6.98. The van der Waals surface area contributed by atoms with Crippen molar-refractivity contribution < 1.29 is 4.79 Å². The van der Waals surface area contributed by atoms with Gasteiger partial charge in [0.15, 0.2) is 0 Å². The molecule has 2 rings (SSSR count). The zero-order valence-corrected chi connectivity index (χ0v) is 11.7. The number of hydrogen-bond acceptors (Lipinski definition) is 2. The number of amides is 2. The van der Waals surface area contributed by atoms with Crippen molar-refractivity contribution in [3.8, 4) is 0 Å². The highest BCUT2D eigenvalue weighted by Crippen LogP contribution is 2.13. The van der Waals surface area contributed by atoms with Gasteiger partial charge in [-0.25, -0.2) is 4.79 Å². The largest absolute Gasteiger partial charge is 0.338 e. The summed E-state index contributed by atoms with van der Waals surface area (Å²) in [5.74, 6) is 0.542. The fourth-order valence-electron chi connectivity index (χ4n) is 2.28. The average Bonchev–Trinajstić information content (AvgIpc) is 2.41. The van der Waals surface area contributed by atoms with E-state index in [9.17, 15) is 4.79 Å². The average molecular weight is 261 g/mol. The van der Waals surface area contributed by atoms with E-state index in [0.717, 1.165) is 18.8 Å². The van der Waals surface area contributed by atoms with Crippen LogP contribution in [0.2, 0.25) is 0 Å². The molecule has 1 heterocycles. The molecule has 4 heteroatoms. The van der Waals surface area contributed by atoms with Gasteiger partial charge in [0.05, 0.1) is 0 Å². The molecular formula is C15H23N3O. The van der Waals surface area contributed by atoms with Crippen LogP contribution < -0.4 is 16.0 Å². The summed E-state index contributed by atoms with van der Waals surface area (Å²) in [7, 11) is 0. The summed E-state index contributed by atoms with van der Waals surface area (Å²) in [6.07, 6.45) is 2.37. The van der Waals surface area contributed by atoms with Crippen LogP contribution in [0, 0.1) is 12.8 Å². The molecule has 2 atom stereocenters. The van der Waals surface area contributed by atoms with E-state index in [0.29, 0.717) is 12.0 Å². The monoisotopic (exact) mass is 261 g/mol. The van der Waals surface area contributed by atoms with Crippen molar-refractivity contribution in [1.29, 1.82) is 0 Å². The summed E-state index contributed by atoms with van der Waals surface area (Å²) in [6.45, 7) is 5.96. The highest BCUT2D eigenvalue weighted by Gasteiger charge is 2.17. The summed E-state index contributed by atoms with van der Waals surface area (Å²) < 4.78 is 0. The lowest BCUT2D eigenvalue weighted by Crippen LogP contribution is -2.42. The minimum atomic E-state index is -0.123. The Bertz CT molecular complexity index is 408. The first-order valence-corrected chi connectivity index (χ1v) is 6.98. The second-order valence-corrected chi connectivity index (χ2v) is 5.45. The third-order valence-corrected chi connectivity index (χ3v) is 3.62. The zero-order valence-electron chi connectivity index (χ0n) is 11.7. The number of carbonyl (C=O) groups excluding carboxylic acids is 1. The fourth-order valence-corrected chi connectivity index (χ4v) is 2.28. The number of rotatable bonds is 3. The van der Waals surface area contributed by atoms with Gasteiger partial charge in [-0.1, -0.05) is 17.7 Å². The van der Waals surface area contributed by atoms with Crippen molar-refractivity contribution in [3.05, 3.63) is 29.8 Å². The Kier molecular flexibility index (Phi) is 4.80. The third kappa shape index (κ3) is 4.56. The molecule has 1 aromatic carbocycles. The van der Waals surface area contributed by atoms with Gasteiger partial charge in [-0.05, 0) is 51.3 Å². The van der Waals surface area contributed by atoms with Gasteiger partial charge >= 0.3 is 6.03 Å². The molecule has 2 amide bonds. The molecular weight excluding hydrogens is 238 g/mol. The summed E-state index contributed by atoms with van der Waals surface area (Å²) >= 11 is 0. The van der Waals surface area contributed by atoms with Crippen LogP contribution in [-0.2, 0) is 0 Å². The van der Waals surface area contributed by atoms with Crippen molar-refractivity contribution in [1.82, 2.24) is 10.6 Å². The number of anilines is 1. The van der Waals surface area contributed by atoms with E-state index in [1.165, 1.54) is 18.4 Å². The van der Waals surface area contributed by atoms with Gasteiger partial charge in [0.25, 0.3) is 0 Å². The molecule has 1 aliphatic heterocycles. The summed E-state index contributed by atoms with van der Waals surface area (Å²) in [5.41, 5.74) is 2.02. The van der Waals surface area contributed by atoms with Crippen LogP contribution in [0.5, 0.6) is 0 Å². The summed E-state index contributed by atoms with van der Waals surface area (Å²) in [4.78, 5) is 11.8. The smallest absolute Gasteiger partial charge is 0.319 e. The minimum Gasteiger partial charge on any atom is -0.338 e. The van der Waals surface area contributed by atoms with Crippen molar-refractivity contribution in [2.75, 3.05) is 18.4 Å². The van der Waals surface area contributed by atoms with E-state index in [1.54, 1.807) is 0 Å². The van der Waals surface area contributed by atoms with Gasteiger partial charge in [0, 0.05) is 18.3 Å². The zero-order chi connectivity index (χ0) is 13.7. The number of urea groups is 1. The lowest BCUT2D eigenvalue weighted by molar-refractivity contribution is 0.246. The molecule has 0 aliphatic carbocycles. The second-order valence-electron chi connectivity index (χ2n) is 5.45. The summed E-state index contributed by atoms with van der Waals surface area (Å²) in [5, 5.41) is 9.23. The van der Waals surface area contributed by atoms with Crippen LogP contribution in [0.4, 0.5) is 10.5 Å². The number of nitrogens with one attached hydrogen (secondary N) is 3. The van der Waals surface area contributed by atoms with Crippen LogP contribution in [0.3, 0.4) is 0 Å². The quantitative estimate of drug-likeness (QED) is 0.783. The van der Waals surface area contributed by atoms with Crippen LogP contribution in [0.15, 0.2) is 24.3 Å². The van der Waals surface area contributed by atoms with Crippen LogP contribution >= 0.6 is 0 Å². The Morgan fingerprint density at radius 3 is 2.68 bits per heavy atom. The van der Waals surface area contributed by atoms with E-state index < -0.39 is 0 Å². The van der Waals surface area contributed by atoms with Gasteiger partial charge in [-0.2, -0.15) is 0 Å². The Morgan fingerprint density at radius 2 is 2.05 bits per heavy atom. The Labute approximate surface area is 115 Å². The highest BCUT2D eigenvalue weighted by molar-refractivity contribution is 5.89.